The molecule has 0 bridgehead atoms. The molecular formula is C24H20N4O3. The lowest BCUT2D eigenvalue weighted by Crippen LogP contribution is -2.28. The molecule has 1 N–H and O–H groups in total. The van der Waals surface area contributed by atoms with Gasteiger partial charge < -0.3 is 10.1 Å². The van der Waals surface area contributed by atoms with E-state index in [1.54, 1.807) is 43.4 Å². The minimum Gasteiger partial charge on any atom is -0.457 e. The number of rotatable bonds is 5. The van der Waals surface area contributed by atoms with Gasteiger partial charge in [0, 0.05) is 12.7 Å². The number of amides is 1. The van der Waals surface area contributed by atoms with Crippen molar-refractivity contribution in [3.8, 4) is 17.6 Å². The molecule has 0 aliphatic carbocycles. The third-order valence-corrected chi connectivity index (χ3v) is 5.04. The number of hydrogen-bond acceptors (Lipinski definition) is 4. The van der Waals surface area contributed by atoms with E-state index in [-0.39, 0.29) is 18.1 Å². The number of carbonyl (C=O) groups is 1. The Balaban J connectivity index is 1.48. The third kappa shape index (κ3) is 4.05. The zero-order valence-corrected chi connectivity index (χ0v) is 17.1. The zero-order chi connectivity index (χ0) is 22.0. The number of nitrogens with zero attached hydrogens (tertiary/aromatic N) is 3. The van der Waals surface area contributed by atoms with Gasteiger partial charge >= 0.3 is 5.69 Å². The Bertz CT molecular complexity index is 1370. The molecule has 4 rings (SSSR count). The second-order valence-electron chi connectivity index (χ2n) is 7.18. The van der Waals surface area contributed by atoms with Crippen molar-refractivity contribution in [3.63, 3.8) is 0 Å². The Morgan fingerprint density at radius 2 is 1.71 bits per heavy atom. The van der Waals surface area contributed by atoms with Gasteiger partial charge in [0.1, 0.15) is 18.0 Å². The van der Waals surface area contributed by atoms with Gasteiger partial charge in [-0.05, 0) is 67.1 Å². The van der Waals surface area contributed by atoms with E-state index >= 15 is 0 Å². The highest BCUT2D eigenvalue weighted by molar-refractivity contribution is 5.92. The summed E-state index contributed by atoms with van der Waals surface area (Å²) in [5, 5.41) is 11.7. The molecule has 1 aromatic heterocycles. The lowest BCUT2D eigenvalue weighted by Gasteiger charge is -2.12. The summed E-state index contributed by atoms with van der Waals surface area (Å²) in [5.41, 5.74) is 3.29. The molecule has 7 heteroatoms. The second kappa shape index (κ2) is 8.20. The zero-order valence-electron chi connectivity index (χ0n) is 17.1. The Kier molecular flexibility index (Phi) is 5.29. The van der Waals surface area contributed by atoms with Gasteiger partial charge in [0.2, 0.25) is 5.91 Å². The lowest BCUT2D eigenvalue weighted by atomic mass is 10.2. The molecule has 0 aliphatic heterocycles. The van der Waals surface area contributed by atoms with Gasteiger partial charge in [0.25, 0.3) is 0 Å². The van der Waals surface area contributed by atoms with Crippen LogP contribution in [0.15, 0.2) is 71.5 Å². The highest BCUT2D eigenvalue weighted by Crippen LogP contribution is 2.26. The van der Waals surface area contributed by atoms with Crippen LogP contribution in [0.5, 0.6) is 11.5 Å². The molecule has 3 aromatic carbocycles. The molecule has 7 nitrogen and oxygen atoms in total. The molecule has 1 heterocycles. The fourth-order valence-electron chi connectivity index (χ4n) is 3.42. The number of para-hydroxylation sites is 2. The minimum absolute atomic E-state index is 0.0802. The van der Waals surface area contributed by atoms with Crippen molar-refractivity contribution in [2.75, 3.05) is 5.32 Å². The first kappa shape index (κ1) is 20.0. The van der Waals surface area contributed by atoms with Crippen molar-refractivity contribution in [2.24, 2.45) is 7.05 Å². The normalized spacial score (nSPS) is 10.6. The number of anilines is 1. The first-order chi connectivity index (χ1) is 15.0. The van der Waals surface area contributed by atoms with Crippen LogP contribution >= 0.6 is 0 Å². The maximum Gasteiger partial charge on any atom is 0.329 e. The van der Waals surface area contributed by atoms with Gasteiger partial charge in [-0.2, -0.15) is 5.26 Å². The topological polar surface area (TPSA) is 89.1 Å². The van der Waals surface area contributed by atoms with Gasteiger partial charge in [-0.15, -0.1) is 0 Å². The Labute approximate surface area is 178 Å². The molecule has 0 unspecified atom stereocenters. The number of nitriles is 1. The highest BCUT2D eigenvalue weighted by Gasteiger charge is 2.14. The first-order valence-corrected chi connectivity index (χ1v) is 9.69. The summed E-state index contributed by atoms with van der Waals surface area (Å²) in [6.07, 6.45) is 0. The van der Waals surface area contributed by atoms with Gasteiger partial charge in [-0.3, -0.25) is 13.9 Å². The predicted octanol–water partition coefficient (Wildman–Crippen LogP) is 3.95. The number of carbonyl (C=O) groups excluding carboxylic acids is 1. The molecule has 4 aromatic rings. The summed E-state index contributed by atoms with van der Waals surface area (Å²) >= 11 is 0. The second-order valence-corrected chi connectivity index (χ2v) is 7.18. The molecule has 0 spiro atoms. The van der Waals surface area contributed by atoms with Crippen LogP contribution in [0.3, 0.4) is 0 Å². The molecule has 154 valence electrons. The fraction of sp³-hybridized carbons (Fsp3) is 0.125. The summed E-state index contributed by atoms with van der Waals surface area (Å²) in [7, 11) is 1.69. The number of benzene rings is 3. The van der Waals surface area contributed by atoms with Crippen LogP contribution in [0, 0.1) is 18.3 Å². The van der Waals surface area contributed by atoms with Crippen LogP contribution < -0.4 is 15.7 Å². The van der Waals surface area contributed by atoms with Crippen molar-refractivity contribution < 1.29 is 9.53 Å². The number of fused-ring (bicyclic) bond motifs is 1. The average Bonchev–Trinajstić information content (AvgIpc) is 3.01. The van der Waals surface area contributed by atoms with Crippen molar-refractivity contribution in [1.82, 2.24) is 9.13 Å². The van der Waals surface area contributed by atoms with E-state index in [1.165, 1.54) is 9.13 Å². The number of aromatic nitrogens is 2. The van der Waals surface area contributed by atoms with Crippen LogP contribution in [-0.4, -0.2) is 15.0 Å². The summed E-state index contributed by atoms with van der Waals surface area (Å²) in [5.74, 6) is 0.943. The van der Waals surface area contributed by atoms with E-state index in [4.69, 9.17) is 10.00 Å². The van der Waals surface area contributed by atoms with Gasteiger partial charge in [-0.25, -0.2) is 4.79 Å². The van der Waals surface area contributed by atoms with Crippen LogP contribution in [0.25, 0.3) is 11.0 Å². The summed E-state index contributed by atoms with van der Waals surface area (Å²) in [6.45, 7) is 1.79. The number of aryl methyl sites for hydroxylation is 2. The quantitative estimate of drug-likeness (QED) is 0.537. The van der Waals surface area contributed by atoms with Gasteiger partial charge in [0.05, 0.1) is 22.7 Å². The monoisotopic (exact) mass is 412 g/mol. The van der Waals surface area contributed by atoms with Gasteiger partial charge in [-0.1, -0.05) is 12.1 Å². The lowest BCUT2D eigenvalue weighted by molar-refractivity contribution is -0.116. The Hall–Kier alpha value is -4.31. The molecule has 0 fully saturated rings. The van der Waals surface area contributed by atoms with Crippen LogP contribution in [0.1, 0.15) is 11.1 Å². The van der Waals surface area contributed by atoms with Crippen LogP contribution in [0.4, 0.5) is 5.69 Å². The average molecular weight is 412 g/mol. The minimum atomic E-state index is -0.290. The van der Waals surface area contributed by atoms with Crippen LogP contribution in [-0.2, 0) is 18.4 Å². The number of nitrogens with one attached hydrogen (secondary N) is 1. The van der Waals surface area contributed by atoms with E-state index in [0.29, 0.717) is 28.3 Å². The Morgan fingerprint density at radius 1 is 1.03 bits per heavy atom. The highest BCUT2D eigenvalue weighted by atomic mass is 16.5. The van der Waals surface area contributed by atoms with Crippen molar-refractivity contribution in [1.29, 1.82) is 5.26 Å². The smallest absolute Gasteiger partial charge is 0.329 e. The molecule has 0 aliphatic rings. The fourth-order valence-corrected chi connectivity index (χ4v) is 3.42. The molecule has 31 heavy (non-hydrogen) atoms. The van der Waals surface area contributed by atoms with Gasteiger partial charge in [0.15, 0.2) is 0 Å². The molecule has 0 saturated heterocycles. The third-order valence-electron chi connectivity index (χ3n) is 5.04. The largest absolute Gasteiger partial charge is 0.457 e. The van der Waals surface area contributed by atoms with E-state index < -0.39 is 0 Å². The van der Waals surface area contributed by atoms with Crippen molar-refractivity contribution in [3.05, 3.63) is 88.3 Å². The molecular weight excluding hydrogens is 392 g/mol. The summed E-state index contributed by atoms with van der Waals surface area (Å²) < 4.78 is 8.80. The molecule has 0 saturated carbocycles. The van der Waals surface area contributed by atoms with Crippen molar-refractivity contribution in [2.45, 2.75) is 13.5 Å². The summed E-state index contributed by atoms with van der Waals surface area (Å²) in [4.78, 5) is 25.2. The number of hydrogen-bond donors (Lipinski definition) is 1. The standard InChI is InChI=1S/C24H20N4O3/c1-16-13-19(31-18-9-7-17(14-25)8-10-18)11-12-20(16)26-23(29)15-28-22-6-4-3-5-21(22)27(2)24(28)30/h3-13H,15H2,1-2H3,(H,26,29). The Morgan fingerprint density at radius 3 is 2.39 bits per heavy atom. The predicted molar refractivity (Wildman–Crippen MR) is 118 cm³/mol. The van der Waals surface area contributed by atoms with Crippen LogP contribution in [0.2, 0.25) is 0 Å². The van der Waals surface area contributed by atoms with E-state index in [0.717, 1.165) is 11.1 Å². The van der Waals surface area contributed by atoms with E-state index in [1.807, 2.05) is 37.3 Å². The van der Waals surface area contributed by atoms with Crippen molar-refractivity contribution >= 4 is 22.6 Å². The maximum absolute atomic E-state index is 12.6. The first-order valence-electron chi connectivity index (χ1n) is 9.69. The molecule has 0 radical (unpaired) electrons. The molecule has 1 amide bonds. The molecule has 0 atom stereocenters. The SMILES string of the molecule is Cc1cc(Oc2ccc(C#N)cc2)ccc1NC(=O)Cn1c(=O)n(C)c2ccccc21. The summed E-state index contributed by atoms with van der Waals surface area (Å²) in [6, 6.07) is 21.6. The van der Waals surface area contributed by atoms with E-state index in [2.05, 4.69) is 11.4 Å². The maximum atomic E-state index is 12.6. The van der Waals surface area contributed by atoms with E-state index in [9.17, 15) is 9.59 Å². The number of imidazole rings is 1. The number of ether oxygens (including phenoxy) is 1.